The van der Waals surface area contributed by atoms with Gasteiger partial charge in [-0.25, -0.2) is 0 Å². The Kier molecular flexibility index (Phi) is 4.66. The monoisotopic (exact) mass is 321 g/mol. The minimum atomic E-state index is -0.287. The summed E-state index contributed by atoms with van der Waals surface area (Å²) >= 11 is 0. The number of ether oxygens (including phenoxy) is 1. The standard InChI is InChI=1S/C19H19N3O2/c1-13(19(23)22-16-5-6-16)21-15-7-9-17(10-8-15)24-18-4-2-3-14(11-18)12-20/h2-4,7-11,13,16,21H,5-6H2,1H3,(H,22,23)/t13-/m1/s1. The van der Waals surface area contributed by atoms with Crippen LogP contribution in [0.3, 0.4) is 0 Å². The average Bonchev–Trinajstić information content (AvgIpc) is 3.40. The maximum Gasteiger partial charge on any atom is 0.242 e. The molecule has 3 rings (SSSR count). The minimum Gasteiger partial charge on any atom is -0.457 e. The SMILES string of the molecule is C[C@@H](Nc1ccc(Oc2cccc(C#N)c2)cc1)C(=O)NC1CC1. The Labute approximate surface area is 141 Å². The number of carbonyl (C=O) groups excluding carboxylic acids is 1. The zero-order valence-electron chi connectivity index (χ0n) is 13.5. The van der Waals surface area contributed by atoms with E-state index in [1.165, 1.54) is 0 Å². The Morgan fingerprint density at radius 2 is 1.96 bits per heavy atom. The smallest absolute Gasteiger partial charge is 0.242 e. The Balaban J connectivity index is 1.58. The number of benzene rings is 2. The van der Waals surface area contributed by atoms with Crippen LogP contribution in [0.15, 0.2) is 48.5 Å². The van der Waals surface area contributed by atoms with Crippen molar-refractivity contribution in [2.45, 2.75) is 31.8 Å². The van der Waals surface area contributed by atoms with Crippen LogP contribution in [0, 0.1) is 11.3 Å². The lowest BCUT2D eigenvalue weighted by atomic mass is 10.2. The molecule has 0 heterocycles. The predicted octanol–water partition coefficient (Wildman–Crippen LogP) is 3.43. The van der Waals surface area contributed by atoms with E-state index in [1.807, 2.05) is 31.2 Å². The molecule has 5 heteroatoms. The lowest BCUT2D eigenvalue weighted by Crippen LogP contribution is -2.38. The second-order valence-corrected chi connectivity index (χ2v) is 5.91. The van der Waals surface area contributed by atoms with Crippen LogP contribution in [-0.4, -0.2) is 18.0 Å². The zero-order valence-corrected chi connectivity index (χ0v) is 13.5. The number of hydrogen-bond donors (Lipinski definition) is 2. The number of anilines is 1. The highest BCUT2D eigenvalue weighted by molar-refractivity contribution is 5.84. The third-order valence-corrected chi connectivity index (χ3v) is 3.75. The number of nitrogens with zero attached hydrogens (tertiary/aromatic N) is 1. The topological polar surface area (TPSA) is 74.1 Å². The number of nitriles is 1. The van der Waals surface area contributed by atoms with Crippen molar-refractivity contribution in [2.24, 2.45) is 0 Å². The van der Waals surface area contributed by atoms with Gasteiger partial charge in [0.2, 0.25) is 5.91 Å². The van der Waals surface area contributed by atoms with Gasteiger partial charge < -0.3 is 15.4 Å². The molecule has 0 aromatic heterocycles. The molecule has 1 saturated carbocycles. The summed E-state index contributed by atoms with van der Waals surface area (Å²) in [4.78, 5) is 11.9. The second kappa shape index (κ2) is 7.05. The molecule has 1 fully saturated rings. The molecule has 0 unspecified atom stereocenters. The van der Waals surface area contributed by atoms with Gasteiger partial charge in [0.1, 0.15) is 17.5 Å². The molecule has 2 aromatic rings. The van der Waals surface area contributed by atoms with Gasteiger partial charge in [-0.15, -0.1) is 0 Å². The van der Waals surface area contributed by atoms with E-state index < -0.39 is 0 Å². The number of amides is 1. The summed E-state index contributed by atoms with van der Waals surface area (Å²) in [6.07, 6.45) is 2.16. The maximum absolute atomic E-state index is 11.9. The lowest BCUT2D eigenvalue weighted by molar-refractivity contribution is -0.121. The van der Waals surface area contributed by atoms with Gasteiger partial charge in [-0.3, -0.25) is 4.79 Å². The fourth-order valence-electron chi connectivity index (χ4n) is 2.25. The van der Waals surface area contributed by atoms with Crippen molar-refractivity contribution in [2.75, 3.05) is 5.32 Å². The number of rotatable bonds is 6. The van der Waals surface area contributed by atoms with Crippen LogP contribution in [0.1, 0.15) is 25.3 Å². The van der Waals surface area contributed by atoms with Crippen LogP contribution in [0.4, 0.5) is 5.69 Å². The van der Waals surface area contributed by atoms with Crippen LogP contribution in [0.2, 0.25) is 0 Å². The van der Waals surface area contributed by atoms with Gasteiger partial charge in [-0.1, -0.05) is 6.07 Å². The molecule has 1 aliphatic carbocycles. The third kappa shape index (κ3) is 4.26. The average molecular weight is 321 g/mol. The Bertz CT molecular complexity index is 761. The van der Waals surface area contributed by atoms with E-state index in [9.17, 15) is 4.79 Å². The molecule has 2 aromatic carbocycles. The minimum absolute atomic E-state index is 0.0196. The van der Waals surface area contributed by atoms with Crippen LogP contribution >= 0.6 is 0 Å². The van der Waals surface area contributed by atoms with Gasteiger partial charge in [0.25, 0.3) is 0 Å². The molecule has 122 valence electrons. The number of nitrogens with one attached hydrogen (secondary N) is 2. The quantitative estimate of drug-likeness (QED) is 0.855. The van der Waals surface area contributed by atoms with E-state index in [0.717, 1.165) is 18.5 Å². The first-order valence-corrected chi connectivity index (χ1v) is 7.99. The normalized spacial score (nSPS) is 14.3. The maximum atomic E-state index is 11.9. The fraction of sp³-hybridized carbons (Fsp3) is 0.263. The van der Waals surface area contributed by atoms with Crippen LogP contribution < -0.4 is 15.4 Å². The van der Waals surface area contributed by atoms with Crippen molar-refractivity contribution < 1.29 is 9.53 Å². The highest BCUT2D eigenvalue weighted by Crippen LogP contribution is 2.24. The number of hydrogen-bond acceptors (Lipinski definition) is 4. The molecular formula is C19H19N3O2. The molecule has 0 bridgehead atoms. The Morgan fingerprint density at radius 1 is 1.21 bits per heavy atom. The molecule has 2 N–H and O–H groups in total. The highest BCUT2D eigenvalue weighted by atomic mass is 16.5. The first-order valence-electron chi connectivity index (χ1n) is 7.99. The first kappa shape index (κ1) is 15.9. The second-order valence-electron chi connectivity index (χ2n) is 5.91. The van der Waals surface area contributed by atoms with E-state index in [-0.39, 0.29) is 11.9 Å². The summed E-state index contributed by atoms with van der Waals surface area (Å²) in [7, 11) is 0. The van der Waals surface area contributed by atoms with E-state index in [1.54, 1.807) is 24.3 Å². The Morgan fingerprint density at radius 3 is 2.62 bits per heavy atom. The summed E-state index contributed by atoms with van der Waals surface area (Å²) in [5.74, 6) is 1.31. The van der Waals surface area contributed by atoms with Gasteiger partial charge in [-0.05, 0) is 62.2 Å². The largest absolute Gasteiger partial charge is 0.457 e. The lowest BCUT2D eigenvalue weighted by Gasteiger charge is -2.15. The van der Waals surface area contributed by atoms with Gasteiger partial charge in [0.05, 0.1) is 11.6 Å². The summed E-state index contributed by atoms with van der Waals surface area (Å²) in [6.45, 7) is 1.84. The molecule has 0 saturated heterocycles. The van der Waals surface area contributed by atoms with Crippen molar-refractivity contribution in [1.29, 1.82) is 5.26 Å². The van der Waals surface area contributed by atoms with E-state index in [4.69, 9.17) is 10.00 Å². The van der Waals surface area contributed by atoms with Crippen molar-refractivity contribution >= 4 is 11.6 Å². The van der Waals surface area contributed by atoms with Crippen LogP contribution in [0.5, 0.6) is 11.5 Å². The summed E-state index contributed by atoms with van der Waals surface area (Å²) < 4.78 is 5.73. The Hall–Kier alpha value is -3.00. The summed E-state index contributed by atoms with van der Waals surface area (Å²) in [5, 5.41) is 15.1. The first-order chi connectivity index (χ1) is 11.6. The zero-order chi connectivity index (χ0) is 16.9. The molecule has 1 amide bonds. The summed E-state index contributed by atoms with van der Waals surface area (Å²) in [5.41, 5.74) is 1.41. The molecule has 1 aliphatic rings. The van der Waals surface area contributed by atoms with Crippen molar-refractivity contribution in [3.63, 3.8) is 0 Å². The molecule has 0 radical (unpaired) electrons. The van der Waals surface area contributed by atoms with Gasteiger partial charge in [0.15, 0.2) is 0 Å². The third-order valence-electron chi connectivity index (χ3n) is 3.75. The van der Waals surface area contributed by atoms with Gasteiger partial charge in [0, 0.05) is 11.7 Å². The van der Waals surface area contributed by atoms with Crippen molar-refractivity contribution in [3.8, 4) is 17.6 Å². The van der Waals surface area contributed by atoms with E-state index >= 15 is 0 Å². The van der Waals surface area contributed by atoms with Crippen LogP contribution in [-0.2, 0) is 4.79 Å². The highest BCUT2D eigenvalue weighted by Gasteiger charge is 2.25. The molecular weight excluding hydrogens is 302 g/mol. The molecule has 1 atom stereocenters. The van der Waals surface area contributed by atoms with Gasteiger partial charge >= 0.3 is 0 Å². The fourth-order valence-corrected chi connectivity index (χ4v) is 2.25. The molecule has 5 nitrogen and oxygen atoms in total. The van der Waals surface area contributed by atoms with Crippen molar-refractivity contribution in [1.82, 2.24) is 5.32 Å². The molecule has 0 spiro atoms. The van der Waals surface area contributed by atoms with Crippen LogP contribution in [0.25, 0.3) is 0 Å². The summed E-state index contributed by atoms with van der Waals surface area (Å²) in [6, 6.07) is 16.5. The van der Waals surface area contributed by atoms with E-state index in [2.05, 4.69) is 16.7 Å². The molecule has 0 aliphatic heterocycles. The van der Waals surface area contributed by atoms with E-state index in [0.29, 0.717) is 23.1 Å². The number of carbonyl (C=O) groups is 1. The molecule has 24 heavy (non-hydrogen) atoms. The predicted molar refractivity (Wildman–Crippen MR) is 91.9 cm³/mol. The van der Waals surface area contributed by atoms with Gasteiger partial charge in [-0.2, -0.15) is 5.26 Å². The van der Waals surface area contributed by atoms with Crippen molar-refractivity contribution in [3.05, 3.63) is 54.1 Å².